The summed E-state index contributed by atoms with van der Waals surface area (Å²) in [6.45, 7) is 0.0913. The van der Waals surface area contributed by atoms with Gasteiger partial charge in [0.25, 0.3) is 0 Å². The van der Waals surface area contributed by atoms with Gasteiger partial charge in [-0.1, -0.05) is 0 Å². The maximum atomic E-state index is 10.8. The number of aliphatic hydroxyl groups is 1. The van der Waals surface area contributed by atoms with Crippen molar-refractivity contribution in [2.24, 2.45) is 0 Å². The van der Waals surface area contributed by atoms with Gasteiger partial charge in [-0.2, -0.15) is 16.3 Å². The van der Waals surface area contributed by atoms with Crippen molar-refractivity contribution in [3.05, 3.63) is 38.7 Å². The average molecular weight is 281 g/mol. The van der Waals surface area contributed by atoms with Crippen LogP contribution in [-0.4, -0.2) is 26.5 Å². The SMILES string of the molecule is Nc1ncc([N+](=O)[O-])c(NCC(O)c2ccsc2)n1. The number of nitrogens with one attached hydrogen (secondary N) is 1. The first-order chi connectivity index (χ1) is 9.08. The van der Waals surface area contributed by atoms with Crippen LogP contribution >= 0.6 is 11.3 Å². The number of nitrogen functional groups attached to an aromatic ring is 1. The van der Waals surface area contributed by atoms with Gasteiger partial charge in [0.15, 0.2) is 0 Å². The monoisotopic (exact) mass is 281 g/mol. The van der Waals surface area contributed by atoms with E-state index in [2.05, 4.69) is 15.3 Å². The van der Waals surface area contributed by atoms with Crippen molar-refractivity contribution in [2.45, 2.75) is 6.10 Å². The second kappa shape index (κ2) is 5.59. The number of nitrogens with zero attached hydrogens (tertiary/aromatic N) is 3. The zero-order valence-corrected chi connectivity index (χ0v) is 10.5. The maximum Gasteiger partial charge on any atom is 0.329 e. The Morgan fingerprint density at radius 1 is 1.63 bits per heavy atom. The van der Waals surface area contributed by atoms with Crippen LogP contribution < -0.4 is 11.1 Å². The first-order valence-electron chi connectivity index (χ1n) is 5.29. The predicted octanol–water partition coefficient (Wildman–Crippen LogP) is 1.17. The Morgan fingerprint density at radius 3 is 3.05 bits per heavy atom. The molecule has 2 aromatic heterocycles. The third-order valence-electron chi connectivity index (χ3n) is 2.38. The van der Waals surface area contributed by atoms with Gasteiger partial charge in [0, 0.05) is 6.54 Å². The molecule has 100 valence electrons. The zero-order chi connectivity index (χ0) is 13.8. The smallest absolute Gasteiger partial charge is 0.329 e. The Kier molecular flexibility index (Phi) is 3.88. The molecular weight excluding hydrogens is 270 g/mol. The molecule has 0 fully saturated rings. The molecular formula is C10H11N5O3S. The van der Waals surface area contributed by atoms with Gasteiger partial charge in [0.05, 0.1) is 11.0 Å². The summed E-state index contributed by atoms with van der Waals surface area (Å²) in [6, 6.07) is 1.78. The van der Waals surface area contributed by atoms with Crippen LogP contribution in [-0.2, 0) is 0 Å². The van der Waals surface area contributed by atoms with Crippen LogP contribution in [0.5, 0.6) is 0 Å². The minimum absolute atomic E-state index is 0.00761. The van der Waals surface area contributed by atoms with Crippen LogP contribution in [0.2, 0.25) is 0 Å². The standard InChI is InChI=1S/C10H11N5O3S/c11-10-13-3-7(15(17)18)9(14-10)12-4-8(16)6-1-2-19-5-6/h1-3,5,8,16H,4H2,(H3,11,12,13,14). The molecule has 0 aliphatic carbocycles. The summed E-state index contributed by atoms with van der Waals surface area (Å²) >= 11 is 1.46. The highest BCUT2D eigenvalue weighted by molar-refractivity contribution is 7.07. The van der Waals surface area contributed by atoms with E-state index < -0.39 is 11.0 Å². The molecule has 2 rings (SSSR count). The van der Waals surface area contributed by atoms with Gasteiger partial charge in [-0.25, -0.2) is 4.98 Å². The number of hydrogen-bond donors (Lipinski definition) is 3. The Bertz CT molecular complexity index is 575. The number of nitro groups is 1. The van der Waals surface area contributed by atoms with Crippen molar-refractivity contribution in [1.82, 2.24) is 9.97 Å². The summed E-state index contributed by atoms with van der Waals surface area (Å²) in [6.07, 6.45) is 0.254. The Morgan fingerprint density at radius 2 is 2.42 bits per heavy atom. The molecule has 0 aliphatic rings. The first kappa shape index (κ1) is 13.2. The third-order valence-corrected chi connectivity index (χ3v) is 3.08. The van der Waals surface area contributed by atoms with Gasteiger partial charge in [-0.15, -0.1) is 0 Å². The van der Waals surface area contributed by atoms with Crippen LogP contribution in [0.4, 0.5) is 17.5 Å². The molecule has 2 heterocycles. The summed E-state index contributed by atoms with van der Waals surface area (Å²) in [4.78, 5) is 17.5. The topological polar surface area (TPSA) is 127 Å². The number of hydrogen-bond acceptors (Lipinski definition) is 8. The summed E-state index contributed by atoms with van der Waals surface area (Å²) in [7, 11) is 0. The lowest BCUT2D eigenvalue weighted by molar-refractivity contribution is -0.384. The molecule has 9 heteroatoms. The van der Waals surface area contributed by atoms with Gasteiger partial charge >= 0.3 is 5.69 Å². The number of aliphatic hydroxyl groups excluding tert-OH is 1. The number of aromatic nitrogens is 2. The second-order valence-corrected chi connectivity index (χ2v) is 4.45. The Hall–Kier alpha value is -2.26. The molecule has 0 saturated carbocycles. The van der Waals surface area contributed by atoms with Crippen LogP contribution in [0.1, 0.15) is 11.7 Å². The van der Waals surface area contributed by atoms with Gasteiger partial charge in [0.1, 0.15) is 6.20 Å². The Balaban J connectivity index is 2.10. The molecule has 19 heavy (non-hydrogen) atoms. The van der Waals surface area contributed by atoms with Gasteiger partial charge in [-0.3, -0.25) is 10.1 Å². The summed E-state index contributed by atoms with van der Waals surface area (Å²) < 4.78 is 0. The third kappa shape index (κ3) is 3.14. The van der Waals surface area contributed by atoms with Crippen LogP contribution in [0, 0.1) is 10.1 Å². The number of rotatable bonds is 5. The van der Waals surface area contributed by atoms with Gasteiger partial charge in [-0.05, 0) is 22.4 Å². The molecule has 0 radical (unpaired) electrons. The number of anilines is 2. The fourth-order valence-corrected chi connectivity index (χ4v) is 2.14. The van der Waals surface area contributed by atoms with E-state index in [0.717, 1.165) is 11.8 Å². The summed E-state index contributed by atoms with van der Waals surface area (Å²) in [5.41, 5.74) is 5.84. The van der Waals surface area contributed by atoms with E-state index in [-0.39, 0.29) is 24.0 Å². The molecule has 0 bridgehead atoms. The summed E-state index contributed by atoms with van der Waals surface area (Å²) in [5, 5.41) is 27.0. The van der Waals surface area contributed by atoms with E-state index in [4.69, 9.17) is 5.73 Å². The molecule has 1 atom stereocenters. The van der Waals surface area contributed by atoms with Crippen molar-refractivity contribution >= 4 is 28.8 Å². The molecule has 2 aromatic rings. The predicted molar refractivity (Wildman–Crippen MR) is 70.9 cm³/mol. The minimum Gasteiger partial charge on any atom is -0.387 e. The quantitative estimate of drug-likeness (QED) is 0.554. The highest BCUT2D eigenvalue weighted by atomic mass is 32.1. The van der Waals surface area contributed by atoms with Crippen molar-refractivity contribution in [2.75, 3.05) is 17.6 Å². The van der Waals surface area contributed by atoms with Crippen molar-refractivity contribution in [3.63, 3.8) is 0 Å². The second-order valence-electron chi connectivity index (χ2n) is 3.67. The largest absolute Gasteiger partial charge is 0.387 e. The normalized spacial score (nSPS) is 12.1. The minimum atomic E-state index is -0.776. The van der Waals surface area contributed by atoms with Crippen molar-refractivity contribution in [3.8, 4) is 0 Å². The molecule has 0 spiro atoms. The molecule has 0 aliphatic heterocycles. The Labute approximate surface area is 112 Å². The van der Waals surface area contributed by atoms with E-state index in [1.807, 2.05) is 5.38 Å². The maximum absolute atomic E-state index is 10.8. The molecule has 0 saturated heterocycles. The molecule has 0 amide bonds. The highest BCUT2D eigenvalue weighted by Crippen LogP contribution is 2.23. The van der Waals surface area contributed by atoms with Crippen molar-refractivity contribution < 1.29 is 10.0 Å². The highest BCUT2D eigenvalue weighted by Gasteiger charge is 2.17. The number of nitrogens with two attached hydrogens (primary N) is 1. The van der Waals surface area contributed by atoms with E-state index >= 15 is 0 Å². The lowest BCUT2D eigenvalue weighted by Gasteiger charge is -2.11. The van der Waals surface area contributed by atoms with Crippen LogP contribution in [0.15, 0.2) is 23.0 Å². The molecule has 4 N–H and O–H groups in total. The van der Waals surface area contributed by atoms with Gasteiger partial charge in [0.2, 0.25) is 11.8 Å². The first-order valence-corrected chi connectivity index (χ1v) is 6.23. The lowest BCUT2D eigenvalue weighted by atomic mass is 10.2. The number of thiophene rings is 1. The van der Waals surface area contributed by atoms with Crippen LogP contribution in [0.3, 0.4) is 0 Å². The van der Waals surface area contributed by atoms with Crippen LogP contribution in [0.25, 0.3) is 0 Å². The molecule has 1 unspecified atom stereocenters. The van der Waals surface area contributed by atoms with E-state index in [9.17, 15) is 15.2 Å². The average Bonchev–Trinajstić information content (AvgIpc) is 2.89. The summed E-state index contributed by atoms with van der Waals surface area (Å²) in [5.74, 6) is -0.0788. The van der Waals surface area contributed by atoms with Gasteiger partial charge < -0.3 is 16.2 Å². The molecule has 8 nitrogen and oxygen atoms in total. The molecule has 0 aromatic carbocycles. The lowest BCUT2D eigenvalue weighted by Crippen LogP contribution is -2.14. The van der Waals surface area contributed by atoms with E-state index in [1.54, 1.807) is 11.4 Å². The zero-order valence-electron chi connectivity index (χ0n) is 9.68. The van der Waals surface area contributed by atoms with E-state index in [0.29, 0.717) is 0 Å². The fraction of sp³-hybridized carbons (Fsp3) is 0.200. The fourth-order valence-electron chi connectivity index (χ4n) is 1.43. The van der Waals surface area contributed by atoms with Crippen molar-refractivity contribution in [1.29, 1.82) is 0 Å². The van der Waals surface area contributed by atoms with E-state index in [1.165, 1.54) is 11.3 Å².